The van der Waals surface area contributed by atoms with Crippen LogP contribution in [0.4, 0.5) is 4.79 Å². The van der Waals surface area contributed by atoms with E-state index in [0.717, 1.165) is 50.9 Å². The van der Waals surface area contributed by atoms with Crippen LogP contribution in [0.25, 0.3) is 0 Å². The van der Waals surface area contributed by atoms with Crippen LogP contribution < -0.4 is 19.5 Å². The van der Waals surface area contributed by atoms with E-state index in [1.165, 1.54) is 5.56 Å². The SMILES string of the molecule is COc1cc(C(=O)N2CCC(CCN3CCC(NC(=O)N4CCC(C(=O)O)CC4)(c4ccccc4)CC3)(c3ccccc3)C2)cc(OC)c1OC. The molecule has 3 heterocycles. The van der Waals surface area contributed by atoms with Gasteiger partial charge < -0.3 is 39.3 Å². The average molecular weight is 699 g/mol. The second kappa shape index (κ2) is 15.6. The molecule has 3 aromatic rings. The van der Waals surface area contributed by atoms with Gasteiger partial charge in [0.25, 0.3) is 5.91 Å². The van der Waals surface area contributed by atoms with Crippen LogP contribution in [-0.2, 0) is 15.7 Å². The van der Waals surface area contributed by atoms with Gasteiger partial charge in [-0.05, 0) is 68.3 Å². The van der Waals surface area contributed by atoms with E-state index in [1.54, 1.807) is 38.4 Å². The van der Waals surface area contributed by atoms with Crippen molar-refractivity contribution in [2.24, 2.45) is 5.92 Å². The fourth-order valence-corrected chi connectivity index (χ4v) is 8.20. The van der Waals surface area contributed by atoms with Gasteiger partial charge in [0.1, 0.15) is 0 Å². The van der Waals surface area contributed by atoms with Crippen molar-refractivity contribution in [1.82, 2.24) is 20.0 Å². The number of aliphatic carboxylic acids is 1. The second-order valence-corrected chi connectivity index (χ2v) is 14.1. The number of nitrogens with one attached hydrogen (secondary N) is 1. The van der Waals surface area contributed by atoms with Gasteiger partial charge in [0.05, 0.1) is 32.8 Å². The van der Waals surface area contributed by atoms with E-state index in [0.29, 0.717) is 61.8 Å². The highest BCUT2D eigenvalue weighted by atomic mass is 16.5. The summed E-state index contributed by atoms with van der Waals surface area (Å²) in [5, 5.41) is 12.8. The molecule has 3 aromatic carbocycles. The highest BCUT2D eigenvalue weighted by Crippen LogP contribution is 2.42. The predicted molar refractivity (Wildman–Crippen MR) is 194 cm³/mol. The van der Waals surface area contributed by atoms with Crippen molar-refractivity contribution >= 4 is 17.9 Å². The van der Waals surface area contributed by atoms with Crippen molar-refractivity contribution in [3.05, 3.63) is 89.5 Å². The molecule has 3 aliphatic rings. The number of benzene rings is 3. The summed E-state index contributed by atoms with van der Waals surface area (Å²) in [5.74, 6) is 0.107. The normalized spacial score (nSPS) is 20.8. The number of carbonyl (C=O) groups excluding carboxylic acids is 2. The molecule has 0 radical (unpaired) electrons. The maximum absolute atomic E-state index is 14.0. The predicted octanol–water partition coefficient (Wildman–Crippen LogP) is 5.38. The summed E-state index contributed by atoms with van der Waals surface area (Å²) in [6.07, 6.45) is 4.22. The first-order valence-electron chi connectivity index (χ1n) is 17.9. The van der Waals surface area contributed by atoms with Crippen molar-refractivity contribution in [3.8, 4) is 17.2 Å². The van der Waals surface area contributed by atoms with Crippen molar-refractivity contribution in [1.29, 1.82) is 0 Å². The number of methoxy groups -OCH3 is 3. The number of rotatable bonds is 11. The van der Waals surface area contributed by atoms with E-state index in [4.69, 9.17) is 14.2 Å². The molecule has 51 heavy (non-hydrogen) atoms. The Balaban J connectivity index is 1.14. The van der Waals surface area contributed by atoms with Crippen LogP contribution in [0.15, 0.2) is 72.8 Å². The van der Waals surface area contributed by atoms with Crippen molar-refractivity contribution in [2.45, 2.75) is 49.5 Å². The zero-order valence-electron chi connectivity index (χ0n) is 29.9. The molecule has 6 rings (SSSR count). The lowest BCUT2D eigenvalue weighted by Gasteiger charge is -2.45. The van der Waals surface area contributed by atoms with Gasteiger partial charge in [-0.1, -0.05) is 60.7 Å². The van der Waals surface area contributed by atoms with E-state index in [2.05, 4.69) is 46.6 Å². The molecule has 272 valence electrons. The minimum Gasteiger partial charge on any atom is -0.493 e. The maximum atomic E-state index is 14.0. The molecule has 11 heteroatoms. The third-order valence-corrected chi connectivity index (χ3v) is 11.4. The van der Waals surface area contributed by atoms with Crippen LogP contribution in [0, 0.1) is 5.92 Å². The number of amides is 3. The number of hydrogen-bond donors (Lipinski definition) is 2. The van der Waals surface area contributed by atoms with Crippen LogP contribution in [0.5, 0.6) is 17.2 Å². The molecular formula is C40H50N4O7. The number of hydrogen-bond acceptors (Lipinski definition) is 7. The molecule has 1 atom stereocenters. The number of piperidine rings is 2. The summed E-state index contributed by atoms with van der Waals surface area (Å²) in [4.78, 5) is 45.2. The summed E-state index contributed by atoms with van der Waals surface area (Å²) >= 11 is 0. The lowest BCUT2D eigenvalue weighted by atomic mass is 9.76. The Morgan fingerprint density at radius 1 is 0.765 bits per heavy atom. The largest absolute Gasteiger partial charge is 0.493 e. The topological polar surface area (TPSA) is 121 Å². The van der Waals surface area contributed by atoms with Gasteiger partial charge in [0.15, 0.2) is 11.5 Å². The van der Waals surface area contributed by atoms with Gasteiger partial charge in [-0.2, -0.15) is 0 Å². The third kappa shape index (κ3) is 7.63. The number of carboxylic acid groups (broad SMARTS) is 1. The summed E-state index contributed by atoms with van der Waals surface area (Å²) in [7, 11) is 4.64. The van der Waals surface area contributed by atoms with Crippen LogP contribution in [-0.4, -0.2) is 105 Å². The molecular weight excluding hydrogens is 648 g/mol. The summed E-state index contributed by atoms with van der Waals surface area (Å²) in [6.45, 7) is 4.62. The van der Waals surface area contributed by atoms with Crippen LogP contribution >= 0.6 is 0 Å². The van der Waals surface area contributed by atoms with E-state index in [1.807, 2.05) is 29.2 Å². The van der Waals surface area contributed by atoms with Crippen molar-refractivity contribution in [3.63, 3.8) is 0 Å². The van der Waals surface area contributed by atoms with Crippen molar-refractivity contribution < 1.29 is 33.7 Å². The molecule has 3 aliphatic heterocycles. The molecule has 0 aromatic heterocycles. The Bertz CT molecular complexity index is 1650. The average Bonchev–Trinajstić information content (AvgIpc) is 3.63. The third-order valence-electron chi connectivity index (χ3n) is 11.4. The fourth-order valence-electron chi connectivity index (χ4n) is 8.20. The molecule has 0 aliphatic carbocycles. The standard InChI is InChI=1S/C40H50N4O7/c1-49-33-26-30(27-34(50-2)35(33)51-3)36(45)44-25-17-39(28-44,31-10-6-4-7-11-31)16-22-42-23-18-40(19-24-42,32-12-8-5-9-13-32)41-38(48)43-20-14-29(15-21-43)37(46)47/h4-13,26-27,29H,14-25,28H2,1-3H3,(H,41,48)(H,46,47). The fraction of sp³-hybridized carbons (Fsp3) is 0.475. The van der Waals surface area contributed by atoms with E-state index in [9.17, 15) is 19.5 Å². The number of carbonyl (C=O) groups is 3. The van der Waals surface area contributed by atoms with Crippen LogP contribution in [0.1, 0.15) is 60.0 Å². The smallest absolute Gasteiger partial charge is 0.318 e. The molecule has 0 spiro atoms. The Morgan fingerprint density at radius 2 is 1.35 bits per heavy atom. The van der Waals surface area contributed by atoms with Crippen LogP contribution in [0.2, 0.25) is 0 Å². The Kier molecular flexibility index (Phi) is 11.0. The van der Waals surface area contributed by atoms with Gasteiger partial charge in [0.2, 0.25) is 5.75 Å². The van der Waals surface area contributed by atoms with Crippen molar-refractivity contribution in [2.75, 3.05) is 67.1 Å². The maximum Gasteiger partial charge on any atom is 0.318 e. The minimum absolute atomic E-state index is 0.0689. The quantitative estimate of drug-likeness (QED) is 0.274. The molecule has 3 amide bonds. The highest BCUT2D eigenvalue weighted by molar-refractivity contribution is 5.96. The molecule has 3 saturated heterocycles. The van der Waals surface area contributed by atoms with E-state index in [-0.39, 0.29) is 23.3 Å². The number of likely N-dealkylation sites (tertiary alicyclic amines) is 3. The Hall–Kier alpha value is -4.77. The van der Waals surface area contributed by atoms with Crippen LogP contribution in [0.3, 0.4) is 0 Å². The van der Waals surface area contributed by atoms with Gasteiger partial charge in [-0.15, -0.1) is 0 Å². The highest BCUT2D eigenvalue weighted by Gasteiger charge is 2.43. The summed E-state index contributed by atoms with van der Waals surface area (Å²) < 4.78 is 16.5. The Labute approximate surface area is 300 Å². The summed E-state index contributed by atoms with van der Waals surface area (Å²) in [5.41, 5.74) is 2.11. The monoisotopic (exact) mass is 698 g/mol. The number of urea groups is 1. The number of nitrogens with zero attached hydrogens (tertiary/aromatic N) is 3. The lowest BCUT2D eigenvalue weighted by molar-refractivity contribution is -0.143. The van der Waals surface area contributed by atoms with Gasteiger partial charge in [0, 0.05) is 50.2 Å². The van der Waals surface area contributed by atoms with Gasteiger partial charge >= 0.3 is 12.0 Å². The zero-order chi connectivity index (χ0) is 36.0. The summed E-state index contributed by atoms with van der Waals surface area (Å²) in [6, 6.07) is 24.1. The first-order chi connectivity index (χ1) is 24.7. The number of ether oxygens (including phenoxy) is 3. The first kappa shape index (κ1) is 36.0. The first-order valence-corrected chi connectivity index (χ1v) is 17.9. The molecule has 0 bridgehead atoms. The molecule has 2 N–H and O–H groups in total. The molecule has 0 saturated carbocycles. The van der Waals surface area contributed by atoms with Gasteiger partial charge in [-0.25, -0.2) is 4.79 Å². The number of carboxylic acids is 1. The zero-order valence-corrected chi connectivity index (χ0v) is 29.9. The minimum atomic E-state index is -0.785. The molecule has 1 unspecified atom stereocenters. The van der Waals surface area contributed by atoms with Gasteiger partial charge in [-0.3, -0.25) is 9.59 Å². The van der Waals surface area contributed by atoms with E-state index >= 15 is 0 Å². The second-order valence-electron chi connectivity index (χ2n) is 14.1. The lowest BCUT2D eigenvalue weighted by Crippen LogP contribution is -2.57. The van der Waals surface area contributed by atoms with E-state index < -0.39 is 11.5 Å². The molecule has 11 nitrogen and oxygen atoms in total. The molecule has 3 fully saturated rings. The Morgan fingerprint density at radius 3 is 1.90 bits per heavy atom.